The Morgan fingerprint density at radius 3 is 2.55 bits per heavy atom. The van der Waals surface area contributed by atoms with Gasteiger partial charge in [0.05, 0.1) is 26.4 Å². The first kappa shape index (κ1) is 20.7. The number of nitrogens with zero attached hydrogens (tertiary/aromatic N) is 2. The summed E-state index contributed by atoms with van der Waals surface area (Å²) in [6.07, 6.45) is 0.0872. The van der Waals surface area contributed by atoms with Crippen LogP contribution in [0.5, 0.6) is 17.2 Å². The van der Waals surface area contributed by atoms with Crippen molar-refractivity contribution in [3.8, 4) is 28.6 Å². The van der Waals surface area contributed by atoms with Gasteiger partial charge in [-0.05, 0) is 50.6 Å². The standard InChI is InChI=1S/C22H27N3O4/c1-14(2)28-19-10-9-16(11-20(19)27-5)13-23-15(3)22-24-21(25-29-22)17-7-6-8-18(12-17)26-4/h6-12,14-15,23H,13H2,1-5H3. The molecular weight excluding hydrogens is 370 g/mol. The Morgan fingerprint density at radius 2 is 1.83 bits per heavy atom. The van der Waals surface area contributed by atoms with Gasteiger partial charge in [-0.3, -0.25) is 0 Å². The Kier molecular flexibility index (Phi) is 6.72. The maximum absolute atomic E-state index is 5.76. The number of ether oxygens (including phenoxy) is 3. The summed E-state index contributed by atoms with van der Waals surface area (Å²) in [5.74, 6) is 3.25. The molecule has 1 N–H and O–H groups in total. The van der Waals surface area contributed by atoms with Crippen LogP contribution in [0.1, 0.15) is 38.3 Å². The van der Waals surface area contributed by atoms with E-state index in [4.69, 9.17) is 18.7 Å². The van der Waals surface area contributed by atoms with Crippen LogP contribution in [-0.2, 0) is 6.54 Å². The van der Waals surface area contributed by atoms with Crippen molar-refractivity contribution in [2.75, 3.05) is 14.2 Å². The highest BCUT2D eigenvalue weighted by Crippen LogP contribution is 2.29. The summed E-state index contributed by atoms with van der Waals surface area (Å²) in [6, 6.07) is 13.4. The summed E-state index contributed by atoms with van der Waals surface area (Å²) in [6.45, 7) is 6.58. The van der Waals surface area contributed by atoms with Crippen LogP contribution in [0.4, 0.5) is 0 Å². The molecule has 1 unspecified atom stereocenters. The van der Waals surface area contributed by atoms with Crippen molar-refractivity contribution < 1.29 is 18.7 Å². The molecule has 1 aromatic heterocycles. The second-order valence-electron chi connectivity index (χ2n) is 6.94. The minimum atomic E-state index is -0.112. The molecule has 0 amide bonds. The fourth-order valence-electron chi connectivity index (χ4n) is 2.82. The van der Waals surface area contributed by atoms with Crippen molar-refractivity contribution in [2.24, 2.45) is 0 Å². The zero-order valence-corrected chi connectivity index (χ0v) is 17.4. The fraction of sp³-hybridized carbons (Fsp3) is 0.364. The molecule has 0 bridgehead atoms. The van der Waals surface area contributed by atoms with Crippen LogP contribution < -0.4 is 19.5 Å². The molecule has 0 aliphatic carbocycles. The summed E-state index contributed by atoms with van der Waals surface area (Å²) >= 11 is 0. The van der Waals surface area contributed by atoms with Crippen LogP contribution >= 0.6 is 0 Å². The minimum Gasteiger partial charge on any atom is -0.497 e. The number of rotatable bonds is 9. The third-order valence-corrected chi connectivity index (χ3v) is 4.34. The van der Waals surface area contributed by atoms with E-state index in [0.717, 1.165) is 22.6 Å². The van der Waals surface area contributed by atoms with Gasteiger partial charge in [-0.15, -0.1) is 0 Å². The third-order valence-electron chi connectivity index (χ3n) is 4.34. The van der Waals surface area contributed by atoms with Crippen LogP contribution in [0.2, 0.25) is 0 Å². The van der Waals surface area contributed by atoms with Gasteiger partial charge in [-0.25, -0.2) is 0 Å². The van der Waals surface area contributed by atoms with Crippen LogP contribution in [0.15, 0.2) is 47.0 Å². The average molecular weight is 397 g/mol. The highest BCUT2D eigenvalue weighted by molar-refractivity contribution is 5.56. The fourth-order valence-corrected chi connectivity index (χ4v) is 2.82. The largest absolute Gasteiger partial charge is 0.497 e. The van der Waals surface area contributed by atoms with E-state index in [9.17, 15) is 0 Å². The average Bonchev–Trinajstić information content (AvgIpc) is 3.23. The van der Waals surface area contributed by atoms with E-state index in [0.29, 0.717) is 24.0 Å². The van der Waals surface area contributed by atoms with Crippen molar-refractivity contribution in [1.82, 2.24) is 15.5 Å². The summed E-state index contributed by atoms with van der Waals surface area (Å²) in [5.41, 5.74) is 1.91. The van der Waals surface area contributed by atoms with E-state index in [-0.39, 0.29) is 12.1 Å². The minimum absolute atomic E-state index is 0.0872. The van der Waals surface area contributed by atoms with Crippen molar-refractivity contribution in [3.63, 3.8) is 0 Å². The van der Waals surface area contributed by atoms with Crippen molar-refractivity contribution in [3.05, 3.63) is 53.9 Å². The Morgan fingerprint density at radius 1 is 1.00 bits per heavy atom. The molecule has 7 heteroatoms. The van der Waals surface area contributed by atoms with Gasteiger partial charge in [0.25, 0.3) is 0 Å². The number of hydrogen-bond acceptors (Lipinski definition) is 7. The number of nitrogens with one attached hydrogen (secondary N) is 1. The molecule has 0 spiro atoms. The Hall–Kier alpha value is -3.06. The molecular formula is C22H27N3O4. The smallest absolute Gasteiger partial charge is 0.243 e. The second-order valence-corrected chi connectivity index (χ2v) is 6.94. The molecule has 29 heavy (non-hydrogen) atoms. The zero-order valence-electron chi connectivity index (χ0n) is 17.4. The van der Waals surface area contributed by atoms with Gasteiger partial charge < -0.3 is 24.1 Å². The van der Waals surface area contributed by atoms with Gasteiger partial charge in [-0.1, -0.05) is 23.4 Å². The van der Waals surface area contributed by atoms with E-state index in [1.54, 1.807) is 14.2 Å². The normalized spacial score (nSPS) is 12.1. The van der Waals surface area contributed by atoms with E-state index < -0.39 is 0 Å². The van der Waals surface area contributed by atoms with Crippen molar-refractivity contribution in [2.45, 2.75) is 39.5 Å². The first-order valence-corrected chi connectivity index (χ1v) is 9.55. The van der Waals surface area contributed by atoms with Gasteiger partial charge in [0.15, 0.2) is 11.5 Å². The van der Waals surface area contributed by atoms with Gasteiger partial charge in [-0.2, -0.15) is 4.98 Å². The molecule has 154 valence electrons. The highest BCUT2D eigenvalue weighted by Gasteiger charge is 2.16. The van der Waals surface area contributed by atoms with Gasteiger partial charge in [0.1, 0.15) is 5.75 Å². The monoisotopic (exact) mass is 397 g/mol. The summed E-state index contributed by atoms with van der Waals surface area (Å²) < 4.78 is 21.9. The first-order chi connectivity index (χ1) is 14.0. The Bertz CT molecular complexity index is 939. The lowest BCUT2D eigenvalue weighted by atomic mass is 10.2. The molecule has 0 radical (unpaired) electrons. The molecule has 3 aromatic rings. The maximum Gasteiger partial charge on any atom is 0.243 e. The lowest BCUT2D eigenvalue weighted by Gasteiger charge is -2.15. The van der Waals surface area contributed by atoms with Crippen LogP contribution in [-0.4, -0.2) is 30.5 Å². The van der Waals surface area contributed by atoms with Crippen LogP contribution in [0.25, 0.3) is 11.4 Å². The molecule has 0 fully saturated rings. The molecule has 1 heterocycles. The quantitative estimate of drug-likeness (QED) is 0.573. The highest BCUT2D eigenvalue weighted by atomic mass is 16.5. The molecule has 0 aliphatic heterocycles. The first-order valence-electron chi connectivity index (χ1n) is 9.55. The molecule has 2 aromatic carbocycles. The van der Waals surface area contributed by atoms with Crippen LogP contribution in [0, 0.1) is 0 Å². The van der Waals surface area contributed by atoms with E-state index >= 15 is 0 Å². The molecule has 7 nitrogen and oxygen atoms in total. The van der Waals surface area contributed by atoms with Crippen molar-refractivity contribution in [1.29, 1.82) is 0 Å². The summed E-state index contributed by atoms with van der Waals surface area (Å²) in [5, 5.41) is 7.48. The summed E-state index contributed by atoms with van der Waals surface area (Å²) in [4.78, 5) is 4.51. The number of hydrogen-bond donors (Lipinski definition) is 1. The molecule has 0 saturated heterocycles. The van der Waals surface area contributed by atoms with Crippen LogP contribution in [0.3, 0.4) is 0 Å². The van der Waals surface area contributed by atoms with E-state index in [1.807, 2.05) is 63.2 Å². The molecule has 0 aliphatic rings. The topological polar surface area (TPSA) is 78.6 Å². The van der Waals surface area contributed by atoms with Gasteiger partial charge in [0.2, 0.25) is 11.7 Å². The lowest BCUT2D eigenvalue weighted by Crippen LogP contribution is -2.18. The van der Waals surface area contributed by atoms with E-state index in [1.165, 1.54) is 0 Å². The predicted octanol–water partition coefficient (Wildman–Crippen LogP) is 4.39. The van der Waals surface area contributed by atoms with E-state index in [2.05, 4.69) is 15.5 Å². The summed E-state index contributed by atoms with van der Waals surface area (Å²) in [7, 11) is 3.27. The van der Waals surface area contributed by atoms with Gasteiger partial charge in [0, 0.05) is 12.1 Å². The lowest BCUT2D eigenvalue weighted by molar-refractivity contribution is 0.230. The Balaban J connectivity index is 1.65. The SMILES string of the molecule is COc1cccc(-c2noc(C(C)NCc3ccc(OC(C)C)c(OC)c3)n2)c1. The third kappa shape index (κ3) is 5.26. The predicted molar refractivity (Wildman–Crippen MR) is 110 cm³/mol. The van der Waals surface area contributed by atoms with Gasteiger partial charge >= 0.3 is 0 Å². The number of benzene rings is 2. The van der Waals surface area contributed by atoms with Crippen molar-refractivity contribution >= 4 is 0 Å². The molecule has 1 atom stereocenters. The Labute approximate surface area is 171 Å². The number of aromatic nitrogens is 2. The number of methoxy groups -OCH3 is 2. The molecule has 3 rings (SSSR count). The second kappa shape index (κ2) is 9.43. The zero-order chi connectivity index (χ0) is 20.8. The maximum atomic E-state index is 5.76. The molecule has 0 saturated carbocycles.